The highest BCUT2D eigenvalue weighted by molar-refractivity contribution is 5.84. The lowest BCUT2D eigenvalue weighted by Crippen LogP contribution is -2.66. The van der Waals surface area contributed by atoms with E-state index in [0.29, 0.717) is 37.9 Å². The summed E-state index contributed by atoms with van der Waals surface area (Å²) in [5, 5.41) is 12.4. The first-order valence-corrected chi connectivity index (χ1v) is 11.1. The van der Waals surface area contributed by atoms with Crippen molar-refractivity contribution in [2.24, 2.45) is 5.41 Å². The summed E-state index contributed by atoms with van der Waals surface area (Å²) in [6.07, 6.45) is 2.93. The molecule has 164 valence electrons. The van der Waals surface area contributed by atoms with E-state index in [1.54, 1.807) is 0 Å². The molecular weight excluding hydrogens is 380 g/mol. The molecular formula is C23H34N4O3. The average molecular weight is 415 g/mol. The number of anilines is 1. The van der Waals surface area contributed by atoms with Gasteiger partial charge < -0.3 is 20.2 Å². The third-order valence-corrected chi connectivity index (χ3v) is 7.14. The maximum absolute atomic E-state index is 12.4. The van der Waals surface area contributed by atoms with Crippen LogP contribution in [0.1, 0.15) is 45.1 Å². The van der Waals surface area contributed by atoms with E-state index in [9.17, 15) is 14.7 Å². The highest BCUT2D eigenvalue weighted by Gasteiger charge is 2.42. The molecule has 0 atom stereocenters. The van der Waals surface area contributed by atoms with Crippen molar-refractivity contribution in [3.05, 3.63) is 29.8 Å². The summed E-state index contributed by atoms with van der Waals surface area (Å²) < 4.78 is 0. The molecule has 3 heterocycles. The first-order chi connectivity index (χ1) is 14.2. The Morgan fingerprint density at radius 1 is 1.03 bits per heavy atom. The zero-order valence-electron chi connectivity index (χ0n) is 18.2. The molecule has 1 aromatic rings. The largest absolute Gasteiger partial charge is 0.465 e. The number of piperidine rings is 2. The molecule has 0 aromatic heterocycles. The van der Waals surface area contributed by atoms with Gasteiger partial charge in [-0.3, -0.25) is 9.69 Å². The molecule has 3 aliphatic rings. The molecule has 3 saturated heterocycles. The SMILES string of the molecule is CC1(C)CCN(Cc2ccc(N3CC(=O)NC4(CCN(C(=O)O)CC4)C3)cc2)CC1. The molecule has 4 rings (SSSR count). The summed E-state index contributed by atoms with van der Waals surface area (Å²) in [5.74, 6) is 0.0185. The van der Waals surface area contributed by atoms with Crippen molar-refractivity contribution in [3.63, 3.8) is 0 Å². The Kier molecular flexibility index (Phi) is 5.66. The van der Waals surface area contributed by atoms with Gasteiger partial charge in [0.25, 0.3) is 0 Å². The van der Waals surface area contributed by atoms with Crippen LogP contribution in [0.3, 0.4) is 0 Å². The molecule has 0 unspecified atom stereocenters. The first-order valence-electron chi connectivity index (χ1n) is 11.1. The van der Waals surface area contributed by atoms with Crippen molar-refractivity contribution < 1.29 is 14.7 Å². The van der Waals surface area contributed by atoms with Crippen LogP contribution in [0.25, 0.3) is 0 Å². The van der Waals surface area contributed by atoms with Gasteiger partial charge in [0.2, 0.25) is 5.91 Å². The smallest absolute Gasteiger partial charge is 0.407 e. The number of amides is 2. The molecule has 0 aliphatic carbocycles. The topological polar surface area (TPSA) is 76.1 Å². The predicted octanol–water partition coefficient (Wildman–Crippen LogP) is 2.76. The number of hydrogen-bond donors (Lipinski definition) is 2. The van der Waals surface area contributed by atoms with Gasteiger partial charge in [-0.05, 0) is 61.9 Å². The Bertz CT molecular complexity index is 774. The number of carboxylic acid groups (broad SMARTS) is 1. The number of likely N-dealkylation sites (tertiary alicyclic amines) is 2. The first kappa shape index (κ1) is 21.0. The Hall–Kier alpha value is -2.28. The van der Waals surface area contributed by atoms with E-state index in [1.807, 2.05) is 0 Å². The Labute approximate surface area is 179 Å². The van der Waals surface area contributed by atoms with Crippen molar-refractivity contribution in [1.82, 2.24) is 15.1 Å². The van der Waals surface area contributed by atoms with Crippen LogP contribution in [0.15, 0.2) is 24.3 Å². The molecule has 3 fully saturated rings. The number of piperazine rings is 1. The van der Waals surface area contributed by atoms with E-state index < -0.39 is 6.09 Å². The fraction of sp³-hybridized carbons (Fsp3) is 0.652. The van der Waals surface area contributed by atoms with E-state index in [0.717, 1.165) is 31.9 Å². The van der Waals surface area contributed by atoms with Crippen molar-refractivity contribution in [3.8, 4) is 0 Å². The third kappa shape index (κ3) is 4.72. The minimum atomic E-state index is -0.878. The van der Waals surface area contributed by atoms with Gasteiger partial charge in [0.15, 0.2) is 0 Å². The molecule has 0 saturated carbocycles. The fourth-order valence-corrected chi connectivity index (χ4v) is 4.95. The van der Waals surface area contributed by atoms with Crippen LogP contribution >= 0.6 is 0 Å². The summed E-state index contributed by atoms with van der Waals surface area (Å²) in [6.45, 7) is 10.00. The second-order valence-corrected chi connectivity index (χ2v) is 10.1. The van der Waals surface area contributed by atoms with Gasteiger partial charge in [-0.25, -0.2) is 4.79 Å². The highest BCUT2D eigenvalue weighted by atomic mass is 16.4. The zero-order valence-corrected chi connectivity index (χ0v) is 18.2. The van der Waals surface area contributed by atoms with Gasteiger partial charge in [-0.15, -0.1) is 0 Å². The minimum absolute atomic E-state index is 0.0185. The maximum Gasteiger partial charge on any atom is 0.407 e. The zero-order chi connectivity index (χ0) is 21.4. The van der Waals surface area contributed by atoms with Crippen molar-refractivity contribution in [2.75, 3.05) is 44.2 Å². The molecule has 30 heavy (non-hydrogen) atoms. The Morgan fingerprint density at radius 3 is 2.27 bits per heavy atom. The predicted molar refractivity (Wildman–Crippen MR) is 117 cm³/mol. The van der Waals surface area contributed by atoms with Gasteiger partial charge in [0.05, 0.1) is 12.1 Å². The van der Waals surface area contributed by atoms with Crippen molar-refractivity contribution in [2.45, 2.75) is 51.6 Å². The van der Waals surface area contributed by atoms with E-state index in [2.05, 4.69) is 53.2 Å². The quantitative estimate of drug-likeness (QED) is 0.795. The molecule has 0 radical (unpaired) electrons. The molecule has 7 nitrogen and oxygen atoms in total. The number of rotatable bonds is 3. The second kappa shape index (κ2) is 8.10. The van der Waals surface area contributed by atoms with Crippen molar-refractivity contribution in [1.29, 1.82) is 0 Å². The number of hydrogen-bond acceptors (Lipinski definition) is 4. The number of carbonyl (C=O) groups excluding carboxylic acids is 1. The molecule has 1 aromatic carbocycles. The number of carbonyl (C=O) groups is 2. The molecule has 2 N–H and O–H groups in total. The van der Waals surface area contributed by atoms with E-state index in [1.165, 1.54) is 23.3 Å². The van der Waals surface area contributed by atoms with Gasteiger partial charge in [0, 0.05) is 31.9 Å². The van der Waals surface area contributed by atoms with Gasteiger partial charge in [-0.2, -0.15) is 0 Å². The highest BCUT2D eigenvalue weighted by Crippen LogP contribution is 2.31. The van der Waals surface area contributed by atoms with Gasteiger partial charge >= 0.3 is 6.09 Å². The molecule has 7 heteroatoms. The lowest BCUT2D eigenvalue weighted by atomic mass is 9.82. The molecule has 3 aliphatic heterocycles. The van der Waals surface area contributed by atoms with Crippen LogP contribution in [0.2, 0.25) is 0 Å². The van der Waals surface area contributed by atoms with E-state index in [4.69, 9.17) is 0 Å². The van der Waals surface area contributed by atoms with Gasteiger partial charge in [-0.1, -0.05) is 26.0 Å². The molecule has 2 amide bonds. The van der Waals surface area contributed by atoms with Crippen LogP contribution < -0.4 is 10.2 Å². The monoisotopic (exact) mass is 414 g/mol. The Morgan fingerprint density at radius 2 is 1.67 bits per heavy atom. The van der Waals surface area contributed by atoms with Crippen LogP contribution in [-0.2, 0) is 11.3 Å². The average Bonchev–Trinajstić information content (AvgIpc) is 2.70. The van der Waals surface area contributed by atoms with Crippen molar-refractivity contribution >= 4 is 17.7 Å². The molecule has 1 spiro atoms. The Balaban J connectivity index is 1.38. The van der Waals surface area contributed by atoms with Crippen LogP contribution in [0.5, 0.6) is 0 Å². The third-order valence-electron chi connectivity index (χ3n) is 7.14. The van der Waals surface area contributed by atoms with E-state index in [-0.39, 0.29) is 11.4 Å². The normalized spacial score (nSPS) is 24.0. The van der Waals surface area contributed by atoms with Crippen LogP contribution in [-0.4, -0.2) is 71.7 Å². The second-order valence-electron chi connectivity index (χ2n) is 10.1. The van der Waals surface area contributed by atoms with Crippen LogP contribution in [0.4, 0.5) is 10.5 Å². The number of benzene rings is 1. The summed E-state index contributed by atoms with van der Waals surface area (Å²) in [7, 11) is 0. The lowest BCUT2D eigenvalue weighted by Gasteiger charge is -2.48. The summed E-state index contributed by atoms with van der Waals surface area (Å²) >= 11 is 0. The van der Waals surface area contributed by atoms with E-state index >= 15 is 0 Å². The standard InChI is InChI=1S/C23H34N4O3/c1-22(2)7-11-25(12-8-22)15-18-3-5-19(6-4-18)27-16-20(28)24-23(17-27)9-13-26(14-10-23)21(29)30/h3-6H,7-17H2,1-2H3,(H,24,28)(H,29,30). The van der Waals surface area contributed by atoms with Crippen LogP contribution in [0, 0.1) is 5.41 Å². The lowest BCUT2D eigenvalue weighted by molar-refractivity contribution is -0.123. The minimum Gasteiger partial charge on any atom is -0.465 e. The maximum atomic E-state index is 12.4. The summed E-state index contributed by atoms with van der Waals surface area (Å²) in [6, 6.07) is 8.62. The summed E-state index contributed by atoms with van der Waals surface area (Å²) in [5.41, 5.74) is 2.50. The fourth-order valence-electron chi connectivity index (χ4n) is 4.95. The van der Waals surface area contributed by atoms with Gasteiger partial charge in [0.1, 0.15) is 0 Å². The number of nitrogens with one attached hydrogen (secondary N) is 1. The molecule has 0 bridgehead atoms. The number of nitrogens with zero attached hydrogens (tertiary/aromatic N) is 3. The summed E-state index contributed by atoms with van der Waals surface area (Å²) in [4.78, 5) is 29.7.